The number of hydrogen-bond acceptors (Lipinski definition) is 6. The van der Waals surface area contributed by atoms with Crippen molar-refractivity contribution in [3.05, 3.63) is 64.9 Å². The molecule has 124 valence electrons. The van der Waals surface area contributed by atoms with Crippen LogP contribution < -0.4 is 10.5 Å². The molecular formula is C18H18N2O4. The molecule has 0 amide bonds. The molecule has 0 fully saturated rings. The molecule has 0 saturated heterocycles. The molecule has 1 aliphatic rings. The van der Waals surface area contributed by atoms with Gasteiger partial charge in [-0.2, -0.15) is 0 Å². The van der Waals surface area contributed by atoms with Gasteiger partial charge in [-0.15, -0.1) is 0 Å². The molecule has 0 unspecified atom stereocenters. The van der Waals surface area contributed by atoms with Crippen LogP contribution in [-0.4, -0.2) is 16.0 Å². The summed E-state index contributed by atoms with van der Waals surface area (Å²) in [7, 11) is 0. The van der Waals surface area contributed by atoms with Gasteiger partial charge in [0, 0.05) is 6.42 Å². The van der Waals surface area contributed by atoms with Crippen molar-refractivity contribution >= 4 is 11.5 Å². The summed E-state index contributed by atoms with van der Waals surface area (Å²) in [6.45, 7) is 0.295. The van der Waals surface area contributed by atoms with Gasteiger partial charge in [-0.1, -0.05) is 42.5 Å². The average Bonchev–Trinajstić information content (AvgIpc) is 3.03. The minimum absolute atomic E-state index is 0.0340. The van der Waals surface area contributed by atoms with Gasteiger partial charge in [0.15, 0.2) is 11.5 Å². The lowest BCUT2D eigenvalue weighted by molar-refractivity contribution is -0.115. The SMILES string of the molecule is NCc1onc(OCc2ccccc2)c1C(O)=C1C=CCCC1=O. The molecule has 6 nitrogen and oxygen atoms in total. The fourth-order valence-electron chi connectivity index (χ4n) is 2.49. The van der Waals surface area contributed by atoms with E-state index in [0.29, 0.717) is 12.8 Å². The summed E-state index contributed by atoms with van der Waals surface area (Å²) in [5.41, 5.74) is 7.06. The molecule has 0 aliphatic heterocycles. The molecular weight excluding hydrogens is 308 g/mol. The number of rotatable bonds is 5. The summed E-state index contributed by atoms with van der Waals surface area (Å²) in [6, 6.07) is 9.54. The zero-order valence-corrected chi connectivity index (χ0v) is 13.1. The number of aliphatic hydroxyl groups is 1. The Morgan fingerprint density at radius 1 is 1.33 bits per heavy atom. The summed E-state index contributed by atoms with van der Waals surface area (Å²) in [5.74, 6) is 0.0554. The number of nitrogens with two attached hydrogens (primary N) is 1. The number of nitrogens with zero attached hydrogens (tertiary/aromatic N) is 1. The molecule has 1 aromatic heterocycles. The predicted molar refractivity (Wildman–Crippen MR) is 88.1 cm³/mol. The highest BCUT2D eigenvalue weighted by molar-refractivity contribution is 6.05. The fourth-order valence-corrected chi connectivity index (χ4v) is 2.49. The second kappa shape index (κ2) is 7.14. The van der Waals surface area contributed by atoms with Crippen molar-refractivity contribution in [3.63, 3.8) is 0 Å². The first-order valence-corrected chi connectivity index (χ1v) is 7.69. The van der Waals surface area contributed by atoms with E-state index in [4.69, 9.17) is 15.0 Å². The van der Waals surface area contributed by atoms with Crippen molar-refractivity contribution in [1.82, 2.24) is 5.16 Å². The highest BCUT2D eigenvalue weighted by Crippen LogP contribution is 2.32. The van der Waals surface area contributed by atoms with E-state index in [-0.39, 0.29) is 47.5 Å². The molecule has 1 aliphatic carbocycles. The molecule has 24 heavy (non-hydrogen) atoms. The van der Waals surface area contributed by atoms with Crippen LogP contribution in [0.1, 0.15) is 29.7 Å². The first-order chi connectivity index (χ1) is 11.7. The summed E-state index contributed by atoms with van der Waals surface area (Å²) < 4.78 is 10.8. The van der Waals surface area contributed by atoms with Crippen LogP contribution in [-0.2, 0) is 17.9 Å². The Kier molecular flexibility index (Phi) is 4.77. The summed E-state index contributed by atoms with van der Waals surface area (Å²) in [6.07, 6.45) is 4.47. The quantitative estimate of drug-likeness (QED) is 0.647. The van der Waals surface area contributed by atoms with E-state index in [1.54, 1.807) is 6.08 Å². The van der Waals surface area contributed by atoms with Gasteiger partial charge in [0.1, 0.15) is 17.9 Å². The minimum Gasteiger partial charge on any atom is -0.506 e. The predicted octanol–water partition coefficient (Wildman–Crippen LogP) is 2.90. The molecule has 0 saturated carbocycles. The average molecular weight is 326 g/mol. The van der Waals surface area contributed by atoms with Gasteiger partial charge in [0.2, 0.25) is 0 Å². The molecule has 2 aromatic rings. The third-order valence-electron chi connectivity index (χ3n) is 3.75. The minimum atomic E-state index is -0.208. The summed E-state index contributed by atoms with van der Waals surface area (Å²) >= 11 is 0. The standard InChI is InChI=1S/C18H18N2O4/c19-10-15-16(17(22)13-8-4-5-9-14(13)21)18(20-24-15)23-11-12-6-2-1-3-7-12/h1-4,6-8,22H,5,9-11,19H2. The fraction of sp³-hybridized carbons (Fsp3) is 0.222. The molecule has 6 heteroatoms. The van der Waals surface area contributed by atoms with Crippen LogP contribution in [0, 0.1) is 0 Å². The van der Waals surface area contributed by atoms with E-state index < -0.39 is 0 Å². The molecule has 1 aromatic carbocycles. The van der Waals surface area contributed by atoms with Gasteiger partial charge in [-0.3, -0.25) is 4.79 Å². The van der Waals surface area contributed by atoms with E-state index in [1.165, 1.54) is 0 Å². The third kappa shape index (κ3) is 3.23. The van der Waals surface area contributed by atoms with E-state index >= 15 is 0 Å². The van der Waals surface area contributed by atoms with Crippen LogP contribution in [0.3, 0.4) is 0 Å². The van der Waals surface area contributed by atoms with Gasteiger partial charge in [0.05, 0.1) is 12.1 Å². The Bertz CT molecular complexity index is 791. The van der Waals surface area contributed by atoms with Crippen LogP contribution in [0.2, 0.25) is 0 Å². The number of Topliss-reactive ketones (excluding diaryl/α,β-unsaturated/α-hetero) is 1. The number of carbonyl (C=O) groups excluding carboxylic acids is 1. The number of aromatic nitrogens is 1. The topological polar surface area (TPSA) is 98.6 Å². The zero-order valence-electron chi connectivity index (χ0n) is 13.1. The van der Waals surface area contributed by atoms with Crippen molar-refractivity contribution in [2.75, 3.05) is 0 Å². The Hall–Kier alpha value is -2.86. The first kappa shape index (κ1) is 16.0. The summed E-state index contributed by atoms with van der Waals surface area (Å²) in [4.78, 5) is 12.0. The number of allylic oxidation sites excluding steroid dienone is 3. The van der Waals surface area contributed by atoms with Crippen LogP contribution >= 0.6 is 0 Å². The second-order valence-electron chi connectivity index (χ2n) is 5.39. The van der Waals surface area contributed by atoms with Gasteiger partial charge < -0.3 is 20.1 Å². The van der Waals surface area contributed by atoms with Crippen LogP contribution in [0.15, 0.2) is 52.6 Å². The molecule has 3 N–H and O–H groups in total. The highest BCUT2D eigenvalue weighted by Gasteiger charge is 2.25. The van der Waals surface area contributed by atoms with E-state index in [2.05, 4.69) is 5.16 Å². The van der Waals surface area contributed by atoms with E-state index in [9.17, 15) is 9.90 Å². The van der Waals surface area contributed by atoms with Crippen LogP contribution in [0.5, 0.6) is 5.88 Å². The molecule has 0 bridgehead atoms. The van der Waals surface area contributed by atoms with Gasteiger partial charge in [-0.25, -0.2) is 0 Å². The highest BCUT2D eigenvalue weighted by atomic mass is 16.5. The van der Waals surface area contributed by atoms with Crippen molar-refractivity contribution in [2.45, 2.75) is 26.0 Å². The van der Waals surface area contributed by atoms with E-state index in [0.717, 1.165) is 5.56 Å². The zero-order chi connectivity index (χ0) is 16.9. The van der Waals surface area contributed by atoms with Gasteiger partial charge in [0.25, 0.3) is 5.88 Å². The van der Waals surface area contributed by atoms with Crippen molar-refractivity contribution in [2.24, 2.45) is 5.73 Å². The lowest BCUT2D eigenvalue weighted by Gasteiger charge is -2.11. The van der Waals surface area contributed by atoms with Crippen LogP contribution in [0.25, 0.3) is 5.76 Å². The lowest BCUT2D eigenvalue weighted by atomic mass is 9.97. The number of ether oxygens (including phenoxy) is 1. The van der Waals surface area contributed by atoms with Crippen molar-refractivity contribution < 1.29 is 19.2 Å². The maximum atomic E-state index is 12.0. The van der Waals surface area contributed by atoms with E-state index in [1.807, 2.05) is 36.4 Å². The van der Waals surface area contributed by atoms with Gasteiger partial charge in [-0.05, 0) is 17.1 Å². The number of carbonyl (C=O) groups is 1. The first-order valence-electron chi connectivity index (χ1n) is 7.69. The molecule has 0 spiro atoms. The van der Waals surface area contributed by atoms with Crippen molar-refractivity contribution in [3.8, 4) is 5.88 Å². The van der Waals surface area contributed by atoms with Crippen LogP contribution in [0.4, 0.5) is 0 Å². The molecule has 1 heterocycles. The Morgan fingerprint density at radius 3 is 2.83 bits per heavy atom. The number of ketones is 1. The Balaban J connectivity index is 1.93. The number of benzene rings is 1. The molecule has 0 atom stereocenters. The monoisotopic (exact) mass is 326 g/mol. The number of hydrogen-bond donors (Lipinski definition) is 2. The maximum Gasteiger partial charge on any atom is 0.265 e. The Morgan fingerprint density at radius 2 is 2.12 bits per heavy atom. The van der Waals surface area contributed by atoms with Gasteiger partial charge >= 0.3 is 0 Å². The third-order valence-corrected chi connectivity index (χ3v) is 3.75. The van der Waals surface area contributed by atoms with Crippen molar-refractivity contribution in [1.29, 1.82) is 0 Å². The normalized spacial score (nSPS) is 16.3. The smallest absolute Gasteiger partial charge is 0.265 e. The summed E-state index contributed by atoms with van der Waals surface area (Å²) in [5, 5.41) is 14.4. The number of aliphatic hydroxyl groups excluding tert-OH is 1. The Labute approximate surface area is 139 Å². The maximum absolute atomic E-state index is 12.0. The largest absolute Gasteiger partial charge is 0.506 e. The molecule has 3 rings (SSSR count). The molecule has 0 radical (unpaired) electrons. The lowest BCUT2D eigenvalue weighted by Crippen LogP contribution is -2.09. The second-order valence-corrected chi connectivity index (χ2v) is 5.39.